The number of carbonyl (C=O) groups is 1. The van der Waals surface area contributed by atoms with E-state index in [9.17, 15) is 9.59 Å². The number of nitrogens with one attached hydrogen (secondary N) is 1. The van der Waals surface area contributed by atoms with E-state index in [1.165, 1.54) is 18.5 Å². The highest BCUT2D eigenvalue weighted by Gasteiger charge is 2.15. The van der Waals surface area contributed by atoms with Crippen LogP contribution < -0.4 is 15.6 Å². The predicted molar refractivity (Wildman–Crippen MR) is 143 cm³/mol. The summed E-state index contributed by atoms with van der Waals surface area (Å²) in [6, 6.07) is 21.3. The number of carbonyl (C=O) groups excluding carboxylic acids is 1. The van der Waals surface area contributed by atoms with E-state index in [-0.39, 0.29) is 17.6 Å². The topological polar surface area (TPSA) is 98.7 Å². The van der Waals surface area contributed by atoms with Crippen molar-refractivity contribution in [2.45, 2.75) is 0 Å². The molecule has 1 N–H and O–H groups in total. The van der Waals surface area contributed by atoms with Crippen LogP contribution in [-0.2, 0) is 4.79 Å². The molecule has 5 rings (SSSR count). The molecule has 3 aromatic carbocycles. The average Bonchev–Trinajstić information content (AvgIpc) is 3.40. The summed E-state index contributed by atoms with van der Waals surface area (Å²) in [5.41, 5.74) is 4.85. The van der Waals surface area contributed by atoms with Crippen molar-refractivity contribution in [3.8, 4) is 22.7 Å². The minimum Gasteiger partial charge on any atom is -0.483 e. The normalized spacial score (nSPS) is 11.2. The van der Waals surface area contributed by atoms with Crippen molar-refractivity contribution in [2.75, 3.05) is 6.61 Å². The molecule has 0 aliphatic heterocycles. The summed E-state index contributed by atoms with van der Waals surface area (Å²) in [5, 5.41) is 9.49. The molecule has 0 saturated carbocycles. The molecule has 0 aliphatic carbocycles. The van der Waals surface area contributed by atoms with Gasteiger partial charge in [-0.1, -0.05) is 41.4 Å². The molecule has 2 aromatic heterocycles. The Morgan fingerprint density at radius 3 is 2.68 bits per heavy atom. The number of amides is 1. The average molecular weight is 533 g/mol. The molecule has 0 atom stereocenters. The number of hydrazone groups is 1. The highest BCUT2D eigenvalue weighted by Crippen LogP contribution is 2.33. The smallest absolute Gasteiger partial charge is 0.277 e. The van der Waals surface area contributed by atoms with E-state index in [2.05, 4.69) is 15.6 Å². The summed E-state index contributed by atoms with van der Waals surface area (Å²) in [7, 11) is 0. The van der Waals surface area contributed by atoms with Crippen molar-refractivity contribution >= 4 is 46.3 Å². The van der Waals surface area contributed by atoms with Gasteiger partial charge in [-0.05, 0) is 54.6 Å². The minimum atomic E-state index is -0.526. The van der Waals surface area contributed by atoms with Crippen molar-refractivity contribution in [1.82, 2.24) is 15.2 Å². The Morgan fingerprint density at radius 2 is 1.84 bits per heavy atom. The Balaban J connectivity index is 1.30. The third-order valence-corrected chi connectivity index (χ3v) is 5.84. The Labute approximate surface area is 220 Å². The zero-order valence-corrected chi connectivity index (χ0v) is 20.6. The van der Waals surface area contributed by atoms with Crippen LogP contribution in [0.25, 0.3) is 27.9 Å². The Bertz CT molecular complexity index is 1680. The molecule has 5 aromatic rings. The van der Waals surface area contributed by atoms with E-state index < -0.39 is 5.91 Å². The molecule has 0 unspecified atom stereocenters. The molecular formula is C27H18Cl2N4O4. The third kappa shape index (κ3) is 5.40. The second-order valence-corrected chi connectivity index (χ2v) is 8.72. The van der Waals surface area contributed by atoms with Crippen LogP contribution in [0.15, 0.2) is 99.6 Å². The van der Waals surface area contributed by atoms with E-state index in [1.807, 2.05) is 36.4 Å². The van der Waals surface area contributed by atoms with Crippen LogP contribution in [0, 0.1) is 0 Å². The van der Waals surface area contributed by atoms with Crippen molar-refractivity contribution in [1.29, 1.82) is 0 Å². The zero-order chi connectivity index (χ0) is 25.8. The fourth-order valence-corrected chi connectivity index (χ4v) is 4.01. The minimum absolute atomic E-state index is 0.158. The fourth-order valence-electron chi connectivity index (χ4n) is 3.67. The lowest BCUT2D eigenvalue weighted by Gasteiger charge is -2.13. The maximum Gasteiger partial charge on any atom is 0.277 e. The Morgan fingerprint density at radius 1 is 1.05 bits per heavy atom. The fraction of sp³-hybridized carbons (Fsp3) is 0.0370. The highest BCUT2D eigenvalue weighted by atomic mass is 35.5. The summed E-state index contributed by atoms with van der Waals surface area (Å²) in [4.78, 5) is 25.0. The molecule has 184 valence electrons. The van der Waals surface area contributed by atoms with Crippen molar-refractivity contribution in [3.05, 3.63) is 111 Å². The van der Waals surface area contributed by atoms with Crippen LogP contribution in [-0.4, -0.2) is 28.5 Å². The van der Waals surface area contributed by atoms with Gasteiger partial charge in [0.1, 0.15) is 17.6 Å². The maximum absolute atomic E-state index is 12.6. The lowest BCUT2D eigenvalue weighted by molar-refractivity contribution is -0.123. The summed E-state index contributed by atoms with van der Waals surface area (Å²) in [6.45, 7) is -0.326. The number of benzene rings is 3. The van der Waals surface area contributed by atoms with Gasteiger partial charge in [-0.3, -0.25) is 9.59 Å². The lowest BCUT2D eigenvalue weighted by atomic mass is 10.1. The summed E-state index contributed by atoms with van der Waals surface area (Å²) in [6.07, 6.45) is 4.14. The molecule has 1 amide bonds. The summed E-state index contributed by atoms with van der Waals surface area (Å²) >= 11 is 12.2. The van der Waals surface area contributed by atoms with Crippen LogP contribution in [0.2, 0.25) is 10.0 Å². The molecule has 0 aliphatic rings. The Hall–Kier alpha value is -4.40. The number of nitrogens with zero attached hydrogens (tertiary/aromatic N) is 3. The number of halogens is 2. The zero-order valence-electron chi connectivity index (χ0n) is 19.1. The van der Waals surface area contributed by atoms with E-state index in [1.54, 1.807) is 41.2 Å². The van der Waals surface area contributed by atoms with Gasteiger partial charge in [-0.15, -0.1) is 0 Å². The summed E-state index contributed by atoms with van der Waals surface area (Å²) in [5.74, 6) is -0.0878. The van der Waals surface area contributed by atoms with Gasteiger partial charge in [0.05, 0.1) is 34.7 Å². The Kier molecular flexibility index (Phi) is 7.02. The van der Waals surface area contributed by atoms with Crippen LogP contribution in [0.3, 0.4) is 0 Å². The number of para-hydroxylation sites is 1. The van der Waals surface area contributed by atoms with Gasteiger partial charge in [0.2, 0.25) is 5.43 Å². The van der Waals surface area contributed by atoms with E-state index in [4.69, 9.17) is 32.4 Å². The molecule has 0 fully saturated rings. The van der Waals surface area contributed by atoms with E-state index in [0.717, 1.165) is 11.4 Å². The van der Waals surface area contributed by atoms with Gasteiger partial charge in [-0.25, -0.2) is 10.1 Å². The SMILES string of the molecule is O=C(COc1ccc(Cl)cc1-c1ccnn1-c1ccccc1)N/N=C/c1coc2ccc(Cl)cc2c1=O. The maximum atomic E-state index is 12.6. The first-order chi connectivity index (χ1) is 18.0. The number of ether oxygens (including phenoxy) is 1. The number of rotatable bonds is 7. The highest BCUT2D eigenvalue weighted by molar-refractivity contribution is 6.31. The van der Waals surface area contributed by atoms with Gasteiger partial charge in [-0.2, -0.15) is 10.2 Å². The van der Waals surface area contributed by atoms with Crippen LogP contribution in [0.4, 0.5) is 0 Å². The van der Waals surface area contributed by atoms with Crippen LogP contribution in [0.1, 0.15) is 5.56 Å². The molecule has 0 saturated heterocycles. The second-order valence-electron chi connectivity index (χ2n) is 7.85. The largest absolute Gasteiger partial charge is 0.483 e. The first-order valence-electron chi connectivity index (χ1n) is 11.0. The first kappa shape index (κ1) is 24.3. The van der Waals surface area contributed by atoms with E-state index >= 15 is 0 Å². The molecule has 8 nitrogen and oxygen atoms in total. The second kappa shape index (κ2) is 10.7. The van der Waals surface area contributed by atoms with Crippen LogP contribution >= 0.6 is 23.2 Å². The molecule has 2 heterocycles. The van der Waals surface area contributed by atoms with Gasteiger partial charge in [0, 0.05) is 15.6 Å². The van der Waals surface area contributed by atoms with Gasteiger partial charge in [0.15, 0.2) is 6.61 Å². The number of hydrogen-bond donors (Lipinski definition) is 1. The molecule has 37 heavy (non-hydrogen) atoms. The molecule has 10 heteroatoms. The quantitative estimate of drug-likeness (QED) is 0.221. The first-order valence-corrected chi connectivity index (χ1v) is 11.8. The third-order valence-electron chi connectivity index (χ3n) is 5.37. The van der Waals surface area contributed by atoms with Crippen LogP contribution in [0.5, 0.6) is 5.75 Å². The predicted octanol–water partition coefficient (Wildman–Crippen LogP) is 5.48. The van der Waals surface area contributed by atoms with Gasteiger partial charge < -0.3 is 9.15 Å². The molecule has 0 bridgehead atoms. The van der Waals surface area contributed by atoms with E-state index in [0.29, 0.717) is 32.3 Å². The summed E-state index contributed by atoms with van der Waals surface area (Å²) < 4.78 is 13.0. The molecular weight excluding hydrogens is 515 g/mol. The van der Waals surface area contributed by atoms with Crippen molar-refractivity contribution in [3.63, 3.8) is 0 Å². The van der Waals surface area contributed by atoms with Crippen molar-refractivity contribution in [2.24, 2.45) is 5.10 Å². The van der Waals surface area contributed by atoms with Crippen molar-refractivity contribution < 1.29 is 13.9 Å². The number of aromatic nitrogens is 2. The monoisotopic (exact) mass is 532 g/mol. The molecule has 0 spiro atoms. The van der Waals surface area contributed by atoms with Gasteiger partial charge in [0.25, 0.3) is 5.91 Å². The van der Waals surface area contributed by atoms with Gasteiger partial charge >= 0.3 is 0 Å². The standard InChI is InChI=1S/C27H18Cl2N4O4/c28-18-6-8-24(21(12-18)23-10-11-31-33(23)20-4-2-1-3-5-20)37-16-26(34)32-30-14-17-15-36-25-9-7-19(29)13-22(25)27(17)35/h1-15H,16H2,(H,32,34)/b30-14+. The molecule has 0 radical (unpaired) electrons. The number of hydrogen-bond acceptors (Lipinski definition) is 6. The number of fused-ring (bicyclic) bond motifs is 1. The lowest BCUT2D eigenvalue weighted by Crippen LogP contribution is -2.25.